The molecule has 3 aromatic rings. The maximum Gasteiger partial charge on any atom is 0.339 e. The molecule has 0 unspecified atom stereocenters. The van der Waals surface area contributed by atoms with E-state index in [1.54, 1.807) is 7.11 Å². The minimum absolute atomic E-state index is 0.0569. The quantitative estimate of drug-likeness (QED) is 0.304. The Balaban J connectivity index is 1.28. The normalized spacial score (nSPS) is 18.2. The number of aromatic carboxylic acids is 1. The van der Waals surface area contributed by atoms with Crippen molar-refractivity contribution in [2.75, 3.05) is 44.8 Å². The number of aryl methyl sites for hydroxylation is 2. The highest BCUT2D eigenvalue weighted by Crippen LogP contribution is 2.33. The van der Waals surface area contributed by atoms with Crippen molar-refractivity contribution in [2.45, 2.75) is 51.0 Å². The van der Waals surface area contributed by atoms with Crippen LogP contribution < -0.4 is 20.1 Å². The lowest BCUT2D eigenvalue weighted by molar-refractivity contribution is -0.132. The summed E-state index contributed by atoms with van der Waals surface area (Å²) in [6.45, 7) is 3.25. The molecule has 0 saturated carbocycles. The van der Waals surface area contributed by atoms with Crippen LogP contribution in [0.15, 0.2) is 54.7 Å². The Morgan fingerprint density at radius 1 is 1.07 bits per heavy atom. The van der Waals surface area contributed by atoms with E-state index in [1.165, 1.54) is 6.20 Å². The van der Waals surface area contributed by atoms with Gasteiger partial charge in [-0.15, -0.1) is 0 Å². The largest absolute Gasteiger partial charge is 0.496 e. The van der Waals surface area contributed by atoms with E-state index < -0.39 is 5.97 Å². The molecule has 2 aliphatic rings. The van der Waals surface area contributed by atoms with Crippen LogP contribution in [0.5, 0.6) is 11.5 Å². The lowest BCUT2D eigenvalue weighted by Crippen LogP contribution is -2.45. The minimum atomic E-state index is -1.04. The van der Waals surface area contributed by atoms with Crippen LogP contribution >= 0.6 is 0 Å². The first-order valence-electron chi connectivity index (χ1n) is 15.1. The van der Waals surface area contributed by atoms with Gasteiger partial charge in [0, 0.05) is 31.4 Å². The average molecular weight is 588 g/mol. The van der Waals surface area contributed by atoms with Crippen LogP contribution in [-0.2, 0) is 24.1 Å². The number of para-hydroxylation sites is 1. The fourth-order valence-electron chi connectivity index (χ4n) is 6.15. The maximum atomic E-state index is 13.6. The highest BCUT2D eigenvalue weighted by molar-refractivity contribution is 5.88. The van der Waals surface area contributed by atoms with E-state index in [0.717, 1.165) is 61.4 Å². The summed E-state index contributed by atoms with van der Waals surface area (Å²) < 4.78 is 11.2. The fourth-order valence-corrected chi connectivity index (χ4v) is 6.15. The third-order valence-corrected chi connectivity index (χ3v) is 8.44. The van der Waals surface area contributed by atoms with Gasteiger partial charge in [0.05, 0.1) is 37.4 Å². The number of carboxylic acid groups (broad SMARTS) is 1. The van der Waals surface area contributed by atoms with E-state index in [9.17, 15) is 14.7 Å². The van der Waals surface area contributed by atoms with E-state index in [2.05, 4.69) is 9.88 Å². The number of hydrogen-bond acceptors (Lipinski definition) is 8. The monoisotopic (exact) mass is 587 g/mol. The van der Waals surface area contributed by atoms with Crippen molar-refractivity contribution >= 4 is 17.8 Å². The number of fused-ring (bicyclic) bond motifs is 1. The molecule has 5 rings (SSSR count). The lowest BCUT2D eigenvalue weighted by Gasteiger charge is -2.30. The number of likely N-dealkylation sites (tertiary alicyclic amines) is 1. The van der Waals surface area contributed by atoms with Gasteiger partial charge < -0.3 is 30.1 Å². The van der Waals surface area contributed by atoms with Gasteiger partial charge in [-0.2, -0.15) is 0 Å². The van der Waals surface area contributed by atoms with Gasteiger partial charge in [-0.25, -0.2) is 14.8 Å². The molecule has 1 amide bonds. The van der Waals surface area contributed by atoms with Crippen molar-refractivity contribution in [3.63, 3.8) is 0 Å². The van der Waals surface area contributed by atoms with Crippen LogP contribution in [0, 0.1) is 5.92 Å². The summed E-state index contributed by atoms with van der Waals surface area (Å²) >= 11 is 0. The molecular weight excluding hydrogens is 546 g/mol. The first-order valence-corrected chi connectivity index (χ1v) is 15.1. The van der Waals surface area contributed by atoms with Crippen molar-refractivity contribution in [3.8, 4) is 11.5 Å². The second kappa shape index (κ2) is 14.3. The van der Waals surface area contributed by atoms with Crippen LogP contribution in [0.3, 0.4) is 0 Å². The Hall–Kier alpha value is -4.18. The molecule has 2 saturated heterocycles. The standard InChI is InChI=1S/C33H41N5O5/c1-42-30-9-3-2-7-24(30)19-31(39)38-17-5-4-8-25-21-37(22-29(25)38)33-35-20-27(32(40)41)28(36-33)15-12-23-10-13-26(14-11-23)43-18-6-16-34/h2-3,7,9-11,13-14,20,25,29H,4-6,8,12,15-19,21-22,34H2,1H3,(H,40,41)/t25-,29+/m1/s1. The molecule has 43 heavy (non-hydrogen) atoms. The summed E-state index contributed by atoms with van der Waals surface area (Å²) in [4.78, 5) is 39.0. The van der Waals surface area contributed by atoms with Crippen LogP contribution in [0.25, 0.3) is 0 Å². The van der Waals surface area contributed by atoms with Gasteiger partial charge >= 0.3 is 5.97 Å². The van der Waals surface area contributed by atoms with Gasteiger partial charge in [0.25, 0.3) is 0 Å². The Labute approximate surface area is 252 Å². The average Bonchev–Trinajstić information content (AvgIpc) is 3.34. The number of aromatic nitrogens is 2. The molecule has 2 aliphatic heterocycles. The van der Waals surface area contributed by atoms with Crippen LogP contribution in [0.1, 0.15) is 52.9 Å². The van der Waals surface area contributed by atoms with Gasteiger partial charge in [0.1, 0.15) is 11.5 Å². The Morgan fingerprint density at radius 3 is 2.65 bits per heavy atom. The molecule has 10 nitrogen and oxygen atoms in total. The summed E-state index contributed by atoms with van der Waals surface area (Å²) in [6, 6.07) is 15.5. The zero-order valence-electron chi connectivity index (χ0n) is 24.8. The number of carboxylic acids is 1. The highest BCUT2D eigenvalue weighted by Gasteiger charge is 2.40. The third kappa shape index (κ3) is 7.43. The van der Waals surface area contributed by atoms with Crippen molar-refractivity contribution < 1.29 is 24.2 Å². The molecule has 228 valence electrons. The number of anilines is 1. The van der Waals surface area contributed by atoms with Crippen LogP contribution in [0.2, 0.25) is 0 Å². The molecule has 0 bridgehead atoms. The molecule has 3 heterocycles. The SMILES string of the molecule is COc1ccccc1CC(=O)N1CCCC[C@@H]2CN(c3ncc(C(=O)O)c(CCc4ccc(OCCCN)cc4)n3)C[C@@H]21. The number of rotatable bonds is 12. The van der Waals surface area contributed by atoms with Crippen molar-refractivity contribution in [2.24, 2.45) is 11.7 Å². The maximum absolute atomic E-state index is 13.6. The van der Waals surface area contributed by atoms with Gasteiger partial charge in [-0.3, -0.25) is 4.79 Å². The van der Waals surface area contributed by atoms with Gasteiger partial charge in [0.15, 0.2) is 0 Å². The number of carbonyl (C=O) groups is 2. The van der Waals surface area contributed by atoms with Crippen LogP contribution in [0.4, 0.5) is 5.95 Å². The van der Waals surface area contributed by atoms with Crippen molar-refractivity contribution in [3.05, 3.63) is 77.1 Å². The molecule has 1 aromatic heterocycles. The first kappa shape index (κ1) is 30.3. The van der Waals surface area contributed by atoms with Gasteiger partial charge in [-0.1, -0.05) is 36.8 Å². The number of hydrogen-bond donors (Lipinski definition) is 2. The molecule has 2 aromatic carbocycles. The van der Waals surface area contributed by atoms with E-state index in [0.29, 0.717) is 56.5 Å². The molecule has 0 radical (unpaired) electrons. The van der Waals surface area contributed by atoms with E-state index >= 15 is 0 Å². The van der Waals surface area contributed by atoms with Gasteiger partial charge in [-0.05, 0) is 68.3 Å². The predicted octanol–water partition coefficient (Wildman–Crippen LogP) is 3.76. The molecular formula is C33H41N5O5. The van der Waals surface area contributed by atoms with E-state index in [-0.39, 0.29) is 17.5 Å². The number of benzene rings is 2. The number of methoxy groups -OCH3 is 1. The summed E-state index contributed by atoms with van der Waals surface area (Å²) in [6.07, 6.45) is 6.70. The summed E-state index contributed by atoms with van der Waals surface area (Å²) in [7, 11) is 1.63. The highest BCUT2D eigenvalue weighted by atomic mass is 16.5. The Morgan fingerprint density at radius 2 is 1.88 bits per heavy atom. The van der Waals surface area contributed by atoms with Crippen LogP contribution in [-0.4, -0.2) is 77.8 Å². The minimum Gasteiger partial charge on any atom is -0.496 e. The number of carbonyl (C=O) groups excluding carboxylic acids is 1. The van der Waals surface area contributed by atoms with Crippen molar-refractivity contribution in [1.29, 1.82) is 0 Å². The Kier molecular flexibility index (Phi) is 10.1. The van der Waals surface area contributed by atoms with E-state index in [4.69, 9.17) is 20.2 Å². The topological polar surface area (TPSA) is 131 Å². The second-order valence-corrected chi connectivity index (χ2v) is 11.3. The fraction of sp³-hybridized carbons (Fsp3) is 0.455. The first-order chi connectivity index (χ1) is 21.0. The second-order valence-electron chi connectivity index (χ2n) is 11.3. The molecule has 2 atom stereocenters. The molecule has 3 N–H and O–H groups in total. The summed E-state index contributed by atoms with van der Waals surface area (Å²) in [5, 5.41) is 9.84. The lowest BCUT2D eigenvalue weighted by atomic mass is 9.98. The zero-order valence-corrected chi connectivity index (χ0v) is 24.8. The zero-order chi connectivity index (χ0) is 30.2. The van der Waals surface area contributed by atoms with Crippen molar-refractivity contribution in [1.82, 2.24) is 14.9 Å². The molecule has 0 aliphatic carbocycles. The molecule has 2 fully saturated rings. The molecule has 10 heteroatoms. The predicted molar refractivity (Wildman–Crippen MR) is 164 cm³/mol. The van der Waals surface area contributed by atoms with Gasteiger partial charge in [0.2, 0.25) is 11.9 Å². The number of nitrogens with two attached hydrogens (primary N) is 1. The Bertz CT molecular complexity index is 1400. The van der Waals surface area contributed by atoms with E-state index in [1.807, 2.05) is 53.4 Å². The summed E-state index contributed by atoms with van der Waals surface area (Å²) in [5.41, 5.74) is 8.11. The number of ether oxygens (including phenoxy) is 2. The molecule has 0 spiro atoms. The third-order valence-electron chi connectivity index (χ3n) is 8.44. The smallest absolute Gasteiger partial charge is 0.339 e. The number of amides is 1. The number of nitrogens with zero attached hydrogens (tertiary/aromatic N) is 4. The summed E-state index contributed by atoms with van der Waals surface area (Å²) in [5.74, 6) is 1.40.